The fourth-order valence-corrected chi connectivity index (χ4v) is 4.61. The van der Waals surface area contributed by atoms with Crippen LogP contribution in [0.4, 0.5) is 10.1 Å². The van der Waals surface area contributed by atoms with Crippen molar-refractivity contribution in [3.05, 3.63) is 80.9 Å². The highest BCUT2D eigenvalue weighted by molar-refractivity contribution is 7.08. The lowest BCUT2D eigenvalue weighted by molar-refractivity contribution is 0.284. The molecule has 4 rings (SSSR count). The maximum absolute atomic E-state index is 13.1. The van der Waals surface area contributed by atoms with Crippen molar-refractivity contribution in [2.75, 3.05) is 37.6 Å². The second-order valence-electron chi connectivity index (χ2n) is 6.41. The fourth-order valence-electron chi connectivity index (χ4n) is 3.30. The van der Waals surface area contributed by atoms with Crippen molar-refractivity contribution < 1.29 is 4.39 Å². The highest BCUT2D eigenvalue weighted by Crippen LogP contribution is 2.27. The topological polar surface area (TPSA) is 6.48 Å². The van der Waals surface area contributed by atoms with Crippen LogP contribution < -0.4 is 4.90 Å². The molecule has 26 heavy (non-hydrogen) atoms. The Labute approximate surface area is 161 Å². The Morgan fingerprint density at radius 1 is 0.885 bits per heavy atom. The SMILES string of the molecule is Fc1ccc(N2CCN(CC=C(c3ccsc3)c3ccsc3)CC2)cc1. The third kappa shape index (κ3) is 4.06. The molecule has 3 aromatic rings. The molecule has 5 heteroatoms. The summed E-state index contributed by atoms with van der Waals surface area (Å²) in [5, 5.41) is 8.71. The molecule has 2 aromatic heterocycles. The van der Waals surface area contributed by atoms with Crippen molar-refractivity contribution in [2.45, 2.75) is 0 Å². The summed E-state index contributed by atoms with van der Waals surface area (Å²) in [5.74, 6) is -0.174. The number of benzene rings is 1. The van der Waals surface area contributed by atoms with Gasteiger partial charge in [-0.2, -0.15) is 22.7 Å². The number of thiophene rings is 2. The van der Waals surface area contributed by atoms with Gasteiger partial charge >= 0.3 is 0 Å². The number of nitrogens with zero attached hydrogens (tertiary/aromatic N) is 2. The molecule has 1 aliphatic heterocycles. The minimum absolute atomic E-state index is 0.174. The average molecular weight is 385 g/mol. The van der Waals surface area contributed by atoms with Crippen LogP contribution in [0.15, 0.2) is 64.0 Å². The fraction of sp³-hybridized carbons (Fsp3) is 0.238. The van der Waals surface area contributed by atoms with E-state index in [1.807, 2.05) is 12.1 Å². The van der Waals surface area contributed by atoms with Gasteiger partial charge in [0, 0.05) is 38.4 Å². The van der Waals surface area contributed by atoms with Gasteiger partial charge in [0.1, 0.15) is 5.82 Å². The molecule has 134 valence electrons. The predicted molar refractivity (Wildman–Crippen MR) is 111 cm³/mol. The molecule has 0 bridgehead atoms. The molecule has 1 aromatic carbocycles. The molecular weight excluding hydrogens is 363 g/mol. The van der Waals surface area contributed by atoms with E-state index in [0.717, 1.165) is 38.4 Å². The summed E-state index contributed by atoms with van der Waals surface area (Å²) < 4.78 is 13.1. The van der Waals surface area contributed by atoms with Gasteiger partial charge in [-0.3, -0.25) is 4.90 Å². The summed E-state index contributed by atoms with van der Waals surface area (Å²) in [5.41, 5.74) is 5.05. The van der Waals surface area contributed by atoms with Crippen LogP contribution in [0.25, 0.3) is 5.57 Å². The predicted octanol–water partition coefficient (Wildman–Crippen LogP) is 5.20. The molecule has 1 saturated heterocycles. The molecule has 0 amide bonds. The Morgan fingerprint density at radius 2 is 1.50 bits per heavy atom. The van der Waals surface area contributed by atoms with Gasteiger partial charge in [-0.1, -0.05) is 6.08 Å². The first kappa shape index (κ1) is 17.5. The van der Waals surface area contributed by atoms with E-state index in [0.29, 0.717) is 0 Å². The average Bonchev–Trinajstić information content (AvgIpc) is 3.38. The van der Waals surface area contributed by atoms with Gasteiger partial charge in [0.25, 0.3) is 0 Å². The lowest BCUT2D eigenvalue weighted by Crippen LogP contribution is -2.46. The molecule has 0 unspecified atom stereocenters. The quantitative estimate of drug-likeness (QED) is 0.596. The van der Waals surface area contributed by atoms with Gasteiger partial charge < -0.3 is 4.90 Å². The Bertz CT molecular complexity index is 795. The van der Waals surface area contributed by atoms with Crippen LogP contribution in [0.1, 0.15) is 11.1 Å². The summed E-state index contributed by atoms with van der Waals surface area (Å²) in [6.07, 6.45) is 2.36. The van der Waals surface area contributed by atoms with E-state index in [9.17, 15) is 4.39 Å². The second-order valence-corrected chi connectivity index (χ2v) is 7.97. The first-order valence-electron chi connectivity index (χ1n) is 8.78. The molecule has 0 N–H and O–H groups in total. The number of halogens is 1. The van der Waals surface area contributed by atoms with Crippen LogP contribution >= 0.6 is 22.7 Å². The van der Waals surface area contributed by atoms with E-state index in [2.05, 4.69) is 49.5 Å². The molecule has 0 saturated carbocycles. The lowest BCUT2D eigenvalue weighted by atomic mass is 10.0. The van der Waals surface area contributed by atoms with Crippen molar-refractivity contribution in [2.24, 2.45) is 0 Å². The number of hydrogen-bond donors (Lipinski definition) is 0. The van der Waals surface area contributed by atoms with E-state index in [1.165, 1.54) is 16.7 Å². The van der Waals surface area contributed by atoms with Crippen LogP contribution in [0.3, 0.4) is 0 Å². The van der Waals surface area contributed by atoms with Crippen molar-refractivity contribution >= 4 is 33.9 Å². The standard InChI is InChI=1S/C21H21FN2S2/c22-19-1-3-20(4-2-19)24-11-9-23(10-12-24)8-5-21(17-6-13-25-15-17)18-7-14-26-16-18/h1-7,13-16H,8-12H2. The molecular formula is C21H21FN2S2. The van der Waals surface area contributed by atoms with E-state index in [4.69, 9.17) is 0 Å². The molecule has 3 heterocycles. The number of rotatable bonds is 5. The van der Waals surface area contributed by atoms with Crippen LogP contribution in [0.5, 0.6) is 0 Å². The van der Waals surface area contributed by atoms with Crippen molar-refractivity contribution in [3.8, 4) is 0 Å². The van der Waals surface area contributed by atoms with Gasteiger partial charge in [0.05, 0.1) is 0 Å². The minimum Gasteiger partial charge on any atom is -0.369 e. The zero-order chi connectivity index (χ0) is 17.8. The molecule has 2 nitrogen and oxygen atoms in total. The zero-order valence-corrected chi connectivity index (χ0v) is 16.1. The number of anilines is 1. The van der Waals surface area contributed by atoms with Crippen molar-refractivity contribution in [1.82, 2.24) is 4.90 Å². The van der Waals surface area contributed by atoms with Crippen LogP contribution in [0, 0.1) is 5.82 Å². The molecule has 1 fully saturated rings. The second kappa shape index (κ2) is 8.16. The van der Waals surface area contributed by atoms with Gasteiger partial charge in [0.15, 0.2) is 0 Å². The summed E-state index contributed by atoms with van der Waals surface area (Å²) in [6, 6.07) is 11.2. The zero-order valence-electron chi connectivity index (χ0n) is 14.5. The third-order valence-corrected chi connectivity index (χ3v) is 6.15. The smallest absolute Gasteiger partial charge is 0.123 e. The number of hydrogen-bond acceptors (Lipinski definition) is 4. The normalized spacial score (nSPS) is 15.2. The van der Waals surface area contributed by atoms with Gasteiger partial charge in [-0.05, 0) is 74.6 Å². The van der Waals surface area contributed by atoms with E-state index < -0.39 is 0 Å². The van der Waals surface area contributed by atoms with E-state index in [-0.39, 0.29) is 5.82 Å². The monoisotopic (exact) mass is 384 g/mol. The largest absolute Gasteiger partial charge is 0.369 e. The van der Waals surface area contributed by atoms with E-state index in [1.54, 1.807) is 34.8 Å². The molecule has 0 aliphatic carbocycles. The van der Waals surface area contributed by atoms with Crippen LogP contribution in [-0.2, 0) is 0 Å². The first-order chi connectivity index (χ1) is 12.8. The molecule has 0 spiro atoms. The highest BCUT2D eigenvalue weighted by Gasteiger charge is 2.17. The van der Waals surface area contributed by atoms with Crippen molar-refractivity contribution in [1.29, 1.82) is 0 Å². The van der Waals surface area contributed by atoms with Crippen LogP contribution in [0.2, 0.25) is 0 Å². The van der Waals surface area contributed by atoms with Gasteiger partial charge in [0.2, 0.25) is 0 Å². The molecule has 0 radical (unpaired) electrons. The van der Waals surface area contributed by atoms with Crippen LogP contribution in [-0.4, -0.2) is 37.6 Å². The van der Waals surface area contributed by atoms with Gasteiger partial charge in [-0.15, -0.1) is 0 Å². The Hall–Kier alpha value is -1.95. The molecule has 0 atom stereocenters. The van der Waals surface area contributed by atoms with Gasteiger partial charge in [-0.25, -0.2) is 4.39 Å². The Balaban J connectivity index is 1.40. The molecule has 1 aliphatic rings. The summed E-state index contributed by atoms with van der Waals surface area (Å²) in [6.45, 7) is 4.96. The Kier molecular flexibility index (Phi) is 5.48. The maximum atomic E-state index is 13.1. The Morgan fingerprint density at radius 3 is 2.04 bits per heavy atom. The lowest BCUT2D eigenvalue weighted by Gasteiger charge is -2.35. The van der Waals surface area contributed by atoms with E-state index >= 15 is 0 Å². The maximum Gasteiger partial charge on any atom is 0.123 e. The minimum atomic E-state index is -0.174. The summed E-state index contributed by atoms with van der Waals surface area (Å²) in [7, 11) is 0. The third-order valence-electron chi connectivity index (χ3n) is 4.78. The summed E-state index contributed by atoms with van der Waals surface area (Å²) >= 11 is 3.48. The number of piperazine rings is 1. The summed E-state index contributed by atoms with van der Waals surface area (Å²) in [4.78, 5) is 4.82. The highest BCUT2D eigenvalue weighted by atomic mass is 32.1. The van der Waals surface area contributed by atoms with Crippen molar-refractivity contribution in [3.63, 3.8) is 0 Å². The first-order valence-corrected chi connectivity index (χ1v) is 10.7.